The van der Waals surface area contributed by atoms with Crippen LogP contribution in [0.1, 0.15) is 122 Å². The molecule has 0 saturated heterocycles. The molecule has 0 aliphatic heterocycles. The van der Waals surface area contributed by atoms with Crippen molar-refractivity contribution in [1.29, 1.82) is 0 Å². The van der Waals surface area contributed by atoms with Crippen molar-refractivity contribution in [2.24, 2.45) is 0 Å². The summed E-state index contributed by atoms with van der Waals surface area (Å²) in [7, 11) is -0.721. The van der Waals surface area contributed by atoms with Crippen molar-refractivity contribution in [2.75, 3.05) is 0 Å². The molecule has 0 heterocycles. The SMILES string of the molecule is CCCCCCCCCC[Si](CCCCCCCCCC)Oc1ccccc1C. The number of aryl methyl sites for hydroxylation is 1. The summed E-state index contributed by atoms with van der Waals surface area (Å²) in [5.74, 6) is 1.14. The van der Waals surface area contributed by atoms with E-state index in [4.69, 9.17) is 4.43 Å². The van der Waals surface area contributed by atoms with Gasteiger partial charge in [-0.3, -0.25) is 0 Å². The quantitative estimate of drug-likeness (QED) is 0.151. The van der Waals surface area contributed by atoms with E-state index in [2.05, 4.69) is 45.0 Å². The Bertz CT molecular complexity index is 453. The van der Waals surface area contributed by atoms with E-state index in [1.807, 2.05) is 0 Å². The molecule has 0 spiro atoms. The third-order valence-electron chi connectivity index (χ3n) is 5.97. The molecule has 29 heavy (non-hydrogen) atoms. The second-order valence-corrected chi connectivity index (χ2v) is 11.1. The molecule has 1 aromatic carbocycles. The highest BCUT2D eigenvalue weighted by Gasteiger charge is 2.16. The van der Waals surface area contributed by atoms with Crippen molar-refractivity contribution >= 4 is 9.04 Å². The zero-order chi connectivity index (χ0) is 21.0. The fourth-order valence-electron chi connectivity index (χ4n) is 3.97. The Hall–Kier alpha value is -0.763. The van der Waals surface area contributed by atoms with Gasteiger partial charge in [0.15, 0.2) is 0 Å². The van der Waals surface area contributed by atoms with Crippen LogP contribution in [0.25, 0.3) is 0 Å². The fraction of sp³-hybridized carbons (Fsp3) is 0.778. The largest absolute Gasteiger partial charge is 0.542 e. The number of hydrogen-bond acceptors (Lipinski definition) is 1. The van der Waals surface area contributed by atoms with E-state index in [1.54, 1.807) is 0 Å². The molecule has 2 heteroatoms. The normalized spacial score (nSPS) is 11.3. The van der Waals surface area contributed by atoms with Crippen molar-refractivity contribution < 1.29 is 4.43 Å². The standard InChI is InChI=1S/C27H49OSi/c1-4-6-8-10-12-14-16-20-24-29(28-27-23-19-18-22-26(27)3)25-21-17-15-13-11-9-7-5-2/h18-19,22-23H,4-17,20-21,24-25H2,1-3H3. The molecule has 0 amide bonds. The minimum atomic E-state index is -0.721. The molecule has 0 aliphatic carbocycles. The molecule has 1 radical (unpaired) electrons. The van der Waals surface area contributed by atoms with Gasteiger partial charge in [0.05, 0.1) is 0 Å². The maximum Gasteiger partial charge on any atom is 0.280 e. The van der Waals surface area contributed by atoms with Crippen LogP contribution in [0.3, 0.4) is 0 Å². The van der Waals surface area contributed by atoms with Crippen LogP contribution in [0.15, 0.2) is 24.3 Å². The van der Waals surface area contributed by atoms with Gasteiger partial charge in [-0.15, -0.1) is 0 Å². The molecule has 0 fully saturated rings. The Morgan fingerprint density at radius 1 is 0.586 bits per heavy atom. The van der Waals surface area contributed by atoms with Gasteiger partial charge in [0, 0.05) is 0 Å². The van der Waals surface area contributed by atoms with Gasteiger partial charge in [-0.2, -0.15) is 0 Å². The summed E-state index contributed by atoms with van der Waals surface area (Å²) in [4.78, 5) is 0. The monoisotopic (exact) mass is 417 g/mol. The van der Waals surface area contributed by atoms with E-state index in [9.17, 15) is 0 Å². The summed E-state index contributed by atoms with van der Waals surface area (Å²) in [6, 6.07) is 11.2. The smallest absolute Gasteiger partial charge is 0.280 e. The van der Waals surface area contributed by atoms with Gasteiger partial charge in [-0.25, -0.2) is 0 Å². The summed E-state index contributed by atoms with van der Waals surface area (Å²) in [6.45, 7) is 6.77. The van der Waals surface area contributed by atoms with Crippen molar-refractivity contribution in [3.63, 3.8) is 0 Å². The maximum absolute atomic E-state index is 6.57. The van der Waals surface area contributed by atoms with Crippen molar-refractivity contribution in [3.8, 4) is 5.75 Å². The summed E-state index contributed by atoms with van der Waals surface area (Å²) >= 11 is 0. The van der Waals surface area contributed by atoms with Gasteiger partial charge < -0.3 is 4.43 Å². The lowest BCUT2D eigenvalue weighted by atomic mass is 10.1. The van der Waals surface area contributed by atoms with Crippen LogP contribution in [-0.4, -0.2) is 9.04 Å². The molecule has 1 rings (SSSR count). The third-order valence-corrected chi connectivity index (χ3v) is 8.30. The molecule has 0 unspecified atom stereocenters. The Morgan fingerprint density at radius 3 is 1.45 bits per heavy atom. The van der Waals surface area contributed by atoms with Crippen molar-refractivity contribution in [1.82, 2.24) is 0 Å². The minimum Gasteiger partial charge on any atom is -0.542 e. The fourth-order valence-corrected chi connectivity index (χ4v) is 6.25. The first-order valence-electron chi connectivity index (χ1n) is 12.9. The van der Waals surface area contributed by atoms with Gasteiger partial charge in [0.2, 0.25) is 0 Å². The summed E-state index contributed by atoms with van der Waals surface area (Å²) in [5, 5.41) is 0. The third kappa shape index (κ3) is 14.8. The lowest BCUT2D eigenvalue weighted by Crippen LogP contribution is -2.22. The average Bonchev–Trinajstić information content (AvgIpc) is 2.73. The molecule has 0 atom stereocenters. The number of para-hydroxylation sites is 1. The Balaban J connectivity index is 2.25. The topological polar surface area (TPSA) is 9.23 Å². The Kier molecular flexibility index (Phi) is 17.4. The van der Waals surface area contributed by atoms with Crippen LogP contribution < -0.4 is 4.43 Å². The van der Waals surface area contributed by atoms with E-state index in [-0.39, 0.29) is 0 Å². The highest BCUT2D eigenvalue weighted by atomic mass is 28.3. The minimum absolute atomic E-state index is 0.721. The van der Waals surface area contributed by atoms with Crippen molar-refractivity contribution in [2.45, 2.75) is 136 Å². The lowest BCUT2D eigenvalue weighted by molar-refractivity contribution is 0.533. The van der Waals surface area contributed by atoms with Crippen LogP contribution in [0.4, 0.5) is 0 Å². The number of benzene rings is 1. The van der Waals surface area contributed by atoms with Crippen LogP contribution in [0.2, 0.25) is 12.1 Å². The second-order valence-electron chi connectivity index (χ2n) is 8.86. The first-order valence-corrected chi connectivity index (χ1v) is 14.7. The maximum atomic E-state index is 6.57. The number of rotatable bonds is 20. The molecule has 0 saturated carbocycles. The summed E-state index contributed by atoms with van der Waals surface area (Å²) in [5.41, 5.74) is 1.29. The van der Waals surface area contributed by atoms with Gasteiger partial charge >= 0.3 is 0 Å². The first-order chi connectivity index (χ1) is 14.3. The lowest BCUT2D eigenvalue weighted by Gasteiger charge is -2.18. The van der Waals surface area contributed by atoms with E-state index < -0.39 is 9.04 Å². The molecule has 0 aromatic heterocycles. The summed E-state index contributed by atoms with van der Waals surface area (Å²) < 4.78 is 6.57. The molecule has 1 aromatic rings. The highest BCUT2D eigenvalue weighted by Crippen LogP contribution is 2.22. The molecule has 167 valence electrons. The van der Waals surface area contributed by atoms with Gasteiger partial charge in [0.25, 0.3) is 9.04 Å². The van der Waals surface area contributed by atoms with Crippen LogP contribution in [0, 0.1) is 6.92 Å². The first kappa shape index (κ1) is 26.3. The molecule has 1 nitrogen and oxygen atoms in total. The molecule has 0 N–H and O–H groups in total. The van der Waals surface area contributed by atoms with E-state index in [1.165, 1.54) is 120 Å². The highest BCUT2D eigenvalue weighted by molar-refractivity contribution is 6.52. The predicted octanol–water partition coefficient (Wildman–Crippen LogP) is 9.65. The molecular formula is C27H49OSi. The van der Waals surface area contributed by atoms with Crippen LogP contribution >= 0.6 is 0 Å². The number of unbranched alkanes of at least 4 members (excludes halogenated alkanes) is 14. The predicted molar refractivity (Wildman–Crippen MR) is 132 cm³/mol. The Morgan fingerprint density at radius 2 is 1.00 bits per heavy atom. The van der Waals surface area contributed by atoms with Crippen LogP contribution in [0.5, 0.6) is 5.75 Å². The summed E-state index contributed by atoms with van der Waals surface area (Å²) in [6.07, 6.45) is 22.5. The number of hydrogen-bond donors (Lipinski definition) is 0. The zero-order valence-electron chi connectivity index (χ0n) is 19.9. The Labute approximate surface area is 184 Å². The van der Waals surface area contributed by atoms with Gasteiger partial charge in [0.1, 0.15) is 5.75 Å². The zero-order valence-corrected chi connectivity index (χ0v) is 20.9. The second kappa shape index (κ2) is 19.2. The molecule has 0 aliphatic rings. The van der Waals surface area contributed by atoms with Gasteiger partial charge in [-0.1, -0.05) is 135 Å². The average molecular weight is 418 g/mol. The van der Waals surface area contributed by atoms with Crippen molar-refractivity contribution in [3.05, 3.63) is 29.8 Å². The molecular weight excluding hydrogens is 368 g/mol. The van der Waals surface area contributed by atoms with E-state index in [0.717, 1.165) is 5.75 Å². The van der Waals surface area contributed by atoms with Gasteiger partial charge in [-0.05, 0) is 30.6 Å². The van der Waals surface area contributed by atoms with Crippen LogP contribution in [-0.2, 0) is 0 Å². The van der Waals surface area contributed by atoms with E-state index in [0.29, 0.717) is 0 Å². The molecule has 0 bridgehead atoms. The van der Waals surface area contributed by atoms with E-state index >= 15 is 0 Å².